The number of hydrogen-bond acceptors (Lipinski definition) is 2. The van der Waals surface area contributed by atoms with Crippen molar-refractivity contribution in [1.82, 2.24) is 4.57 Å². The molecule has 2 aliphatic carbocycles. The first-order chi connectivity index (χ1) is 26.7. The van der Waals surface area contributed by atoms with E-state index in [1.807, 2.05) is 6.08 Å². The largest absolute Gasteiger partial charge is 0.317 e. The molecule has 7 aromatic rings. The van der Waals surface area contributed by atoms with Crippen molar-refractivity contribution in [3.05, 3.63) is 222 Å². The summed E-state index contributed by atoms with van der Waals surface area (Å²) < 4.78 is 2.52. The maximum Gasteiger partial charge on any atom is 0.136 e. The molecule has 1 aromatic heterocycles. The Labute approximate surface area is 315 Å². The number of nitrogens with zero attached hydrogens (tertiary/aromatic N) is 3. The SMILES string of the molecule is C=C/C=C\C1=C(C)C2(c3ccccc31)c1ccccc1-n1c3ccccc3c3cc(-c4ccc(N5C(c6ccccc6)=NC6C=CC=CC65)cc4)cc2c31. The van der Waals surface area contributed by atoms with Gasteiger partial charge in [0.25, 0.3) is 0 Å². The van der Waals surface area contributed by atoms with Crippen molar-refractivity contribution < 1.29 is 0 Å². The average molecular weight is 692 g/mol. The Bertz CT molecular complexity index is 2860. The van der Waals surface area contributed by atoms with Gasteiger partial charge in [-0.1, -0.05) is 152 Å². The standard InChI is InChI=1S/C51H37N3/c1-3-4-18-38-33(2)51(42-21-10-8-19-39(38)42)43-22-11-14-25-47(43)54-46-24-13-9-20-40(46)41-31-36(32-44(51)49(41)54)34-27-29-37(30-28-34)53-48-26-15-12-23-45(48)52-50(53)35-16-6-5-7-17-35/h3-32,45,48H,1H2,2H3/b18-4-. The van der Waals surface area contributed by atoms with E-state index in [2.05, 4.69) is 199 Å². The van der Waals surface area contributed by atoms with Gasteiger partial charge in [0.2, 0.25) is 0 Å². The summed E-state index contributed by atoms with van der Waals surface area (Å²) in [6.45, 7) is 6.36. The van der Waals surface area contributed by atoms with Crippen molar-refractivity contribution >= 4 is 38.9 Å². The van der Waals surface area contributed by atoms with Crippen LogP contribution in [0.1, 0.15) is 34.7 Å². The van der Waals surface area contributed by atoms with Crippen LogP contribution in [0.15, 0.2) is 199 Å². The van der Waals surface area contributed by atoms with Crippen LogP contribution in [0.2, 0.25) is 0 Å². The summed E-state index contributed by atoms with van der Waals surface area (Å²) in [5.74, 6) is 1.01. The first-order valence-electron chi connectivity index (χ1n) is 18.8. The summed E-state index contributed by atoms with van der Waals surface area (Å²) in [5, 5.41) is 2.54. The zero-order valence-electron chi connectivity index (χ0n) is 30.0. The lowest BCUT2D eigenvalue weighted by molar-refractivity contribution is 0.726. The molecule has 4 aliphatic rings. The van der Waals surface area contributed by atoms with Gasteiger partial charge in [-0.05, 0) is 87.8 Å². The molecule has 3 unspecified atom stereocenters. The quantitative estimate of drug-likeness (QED) is 0.165. The fourth-order valence-electron chi connectivity index (χ4n) is 9.85. The molecule has 3 heterocycles. The zero-order valence-corrected chi connectivity index (χ0v) is 30.0. The van der Waals surface area contributed by atoms with Gasteiger partial charge in [-0.3, -0.25) is 4.99 Å². The Hall–Kier alpha value is -6.71. The van der Waals surface area contributed by atoms with E-state index in [-0.39, 0.29) is 12.1 Å². The van der Waals surface area contributed by atoms with Gasteiger partial charge >= 0.3 is 0 Å². The van der Waals surface area contributed by atoms with E-state index in [0.29, 0.717) is 0 Å². The van der Waals surface area contributed by atoms with Gasteiger partial charge in [-0.25, -0.2) is 0 Å². The summed E-state index contributed by atoms with van der Waals surface area (Å²) in [6, 6.07) is 51.8. The number of aliphatic imine (C=N–C) groups is 1. The van der Waals surface area contributed by atoms with Gasteiger partial charge in [0.15, 0.2) is 0 Å². The molecule has 54 heavy (non-hydrogen) atoms. The summed E-state index contributed by atoms with van der Waals surface area (Å²) in [4.78, 5) is 7.61. The second kappa shape index (κ2) is 11.6. The van der Waals surface area contributed by atoms with E-state index in [9.17, 15) is 0 Å². The van der Waals surface area contributed by atoms with Crippen molar-refractivity contribution in [2.75, 3.05) is 4.90 Å². The predicted molar refractivity (Wildman–Crippen MR) is 226 cm³/mol. The van der Waals surface area contributed by atoms with Gasteiger partial charge in [0.05, 0.1) is 34.2 Å². The third-order valence-electron chi connectivity index (χ3n) is 12.1. The molecule has 256 valence electrons. The summed E-state index contributed by atoms with van der Waals surface area (Å²) in [6.07, 6.45) is 14.9. The van der Waals surface area contributed by atoms with Crippen LogP contribution in [0.3, 0.4) is 0 Å². The number of anilines is 1. The smallest absolute Gasteiger partial charge is 0.136 e. The number of rotatable bonds is 5. The van der Waals surface area contributed by atoms with Gasteiger partial charge in [-0.2, -0.15) is 0 Å². The maximum absolute atomic E-state index is 5.21. The Morgan fingerprint density at radius 1 is 0.667 bits per heavy atom. The number of benzene rings is 6. The van der Waals surface area contributed by atoms with Crippen LogP contribution in [-0.4, -0.2) is 22.5 Å². The number of fused-ring (bicyclic) bond motifs is 10. The molecule has 0 amide bonds. The lowest BCUT2D eigenvalue weighted by Crippen LogP contribution is -2.39. The molecule has 3 atom stereocenters. The average Bonchev–Trinajstić information content (AvgIpc) is 3.86. The zero-order chi connectivity index (χ0) is 36.0. The molecule has 3 nitrogen and oxygen atoms in total. The fourth-order valence-corrected chi connectivity index (χ4v) is 9.85. The van der Waals surface area contributed by atoms with Gasteiger partial charge in [-0.15, -0.1) is 0 Å². The van der Waals surface area contributed by atoms with Crippen LogP contribution >= 0.6 is 0 Å². The molecule has 0 radical (unpaired) electrons. The van der Waals surface area contributed by atoms with E-state index >= 15 is 0 Å². The van der Waals surface area contributed by atoms with Crippen molar-refractivity contribution in [1.29, 1.82) is 0 Å². The van der Waals surface area contributed by atoms with Crippen molar-refractivity contribution in [2.24, 2.45) is 4.99 Å². The molecule has 2 aliphatic heterocycles. The third kappa shape index (κ3) is 4.10. The first kappa shape index (κ1) is 30.9. The lowest BCUT2D eigenvalue weighted by atomic mass is 9.64. The van der Waals surface area contributed by atoms with Crippen molar-refractivity contribution in [3.8, 4) is 16.8 Å². The Morgan fingerprint density at radius 2 is 1.41 bits per heavy atom. The third-order valence-corrected chi connectivity index (χ3v) is 12.1. The monoisotopic (exact) mass is 691 g/mol. The predicted octanol–water partition coefficient (Wildman–Crippen LogP) is 11.8. The Morgan fingerprint density at radius 3 is 2.26 bits per heavy atom. The van der Waals surface area contributed by atoms with E-state index in [1.165, 1.54) is 72.0 Å². The molecular weight excluding hydrogens is 655 g/mol. The molecule has 0 bridgehead atoms. The molecule has 3 heteroatoms. The Balaban J connectivity index is 1.15. The molecule has 11 rings (SSSR count). The highest BCUT2D eigenvalue weighted by atomic mass is 15.3. The highest BCUT2D eigenvalue weighted by Crippen LogP contribution is 2.60. The van der Waals surface area contributed by atoms with Crippen LogP contribution in [0.5, 0.6) is 0 Å². The van der Waals surface area contributed by atoms with Crippen LogP contribution in [0.4, 0.5) is 5.69 Å². The Kier molecular flexibility index (Phi) is 6.66. The molecular formula is C51H37N3. The summed E-state index contributed by atoms with van der Waals surface area (Å²) in [7, 11) is 0. The van der Waals surface area contributed by atoms with E-state index in [0.717, 1.165) is 17.1 Å². The second-order valence-electron chi connectivity index (χ2n) is 14.7. The van der Waals surface area contributed by atoms with Crippen molar-refractivity contribution in [2.45, 2.75) is 24.4 Å². The normalized spacial score (nSPS) is 20.6. The minimum atomic E-state index is -0.473. The van der Waals surface area contributed by atoms with Crippen LogP contribution < -0.4 is 4.90 Å². The number of allylic oxidation sites excluding steroid dienone is 7. The van der Waals surface area contributed by atoms with Crippen LogP contribution in [-0.2, 0) is 5.41 Å². The fraction of sp³-hybridized carbons (Fsp3) is 0.0784. The van der Waals surface area contributed by atoms with Crippen molar-refractivity contribution in [3.63, 3.8) is 0 Å². The maximum atomic E-state index is 5.21. The van der Waals surface area contributed by atoms with E-state index < -0.39 is 5.41 Å². The van der Waals surface area contributed by atoms with Crippen LogP contribution in [0, 0.1) is 0 Å². The van der Waals surface area contributed by atoms with E-state index in [1.54, 1.807) is 0 Å². The molecule has 0 fully saturated rings. The summed E-state index contributed by atoms with van der Waals surface area (Å²) in [5.41, 5.74) is 15.8. The number of aromatic nitrogens is 1. The number of hydrogen-bond donors (Lipinski definition) is 0. The minimum absolute atomic E-state index is 0.0913. The molecule has 0 saturated heterocycles. The van der Waals surface area contributed by atoms with Gasteiger partial charge in [0.1, 0.15) is 5.84 Å². The molecule has 6 aromatic carbocycles. The van der Waals surface area contributed by atoms with Gasteiger partial charge in [0, 0.05) is 22.0 Å². The molecule has 0 N–H and O–H groups in total. The molecule has 0 saturated carbocycles. The minimum Gasteiger partial charge on any atom is -0.317 e. The summed E-state index contributed by atoms with van der Waals surface area (Å²) >= 11 is 0. The second-order valence-corrected chi connectivity index (χ2v) is 14.7. The highest BCUT2D eigenvalue weighted by molar-refractivity contribution is 6.15. The van der Waals surface area contributed by atoms with Crippen LogP contribution in [0.25, 0.3) is 44.2 Å². The van der Waals surface area contributed by atoms with E-state index in [4.69, 9.17) is 4.99 Å². The first-order valence-corrected chi connectivity index (χ1v) is 18.8. The van der Waals surface area contributed by atoms with Gasteiger partial charge < -0.3 is 9.47 Å². The lowest BCUT2D eigenvalue weighted by Gasteiger charge is -2.40. The topological polar surface area (TPSA) is 20.5 Å². The highest BCUT2D eigenvalue weighted by Gasteiger charge is 2.50. The number of amidine groups is 1. The molecule has 1 spiro atoms. The number of para-hydroxylation sites is 2.